The second-order valence-electron chi connectivity index (χ2n) is 6.48. The number of hydrogen-bond donors (Lipinski definition) is 1. The lowest BCUT2D eigenvalue weighted by atomic mass is 9.90. The Morgan fingerprint density at radius 1 is 1.35 bits per heavy atom. The van der Waals surface area contributed by atoms with Crippen LogP contribution in [0.3, 0.4) is 0 Å². The van der Waals surface area contributed by atoms with Crippen molar-refractivity contribution in [3.63, 3.8) is 0 Å². The van der Waals surface area contributed by atoms with Gasteiger partial charge in [-0.3, -0.25) is 4.79 Å². The molecule has 0 heterocycles. The standard InChI is InChI=1S/C17H22N2O/c1-12-6-8-13(9-7-12)11-18-19-16(20)15-14-5-3-4-10-17(14,15)2/h6-9,11,14-15H,3-5,10H2,1-2H3,(H,19,20)/b18-11-/t14-,15+,17+/m1/s1. The van der Waals surface area contributed by atoms with Gasteiger partial charge in [0.1, 0.15) is 0 Å². The monoisotopic (exact) mass is 270 g/mol. The van der Waals surface area contributed by atoms with Gasteiger partial charge < -0.3 is 0 Å². The summed E-state index contributed by atoms with van der Waals surface area (Å²) in [6, 6.07) is 8.09. The van der Waals surface area contributed by atoms with Crippen molar-refractivity contribution in [3.05, 3.63) is 35.4 Å². The van der Waals surface area contributed by atoms with Gasteiger partial charge in [0, 0.05) is 5.92 Å². The molecule has 1 N–H and O–H groups in total. The number of benzene rings is 1. The number of carbonyl (C=O) groups excluding carboxylic acids is 1. The minimum Gasteiger partial charge on any atom is -0.273 e. The maximum Gasteiger partial charge on any atom is 0.244 e. The molecule has 3 rings (SSSR count). The van der Waals surface area contributed by atoms with Crippen LogP contribution in [0.25, 0.3) is 0 Å². The molecule has 0 saturated heterocycles. The molecule has 2 saturated carbocycles. The van der Waals surface area contributed by atoms with E-state index < -0.39 is 0 Å². The Labute approximate surface area is 120 Å². The first-order chi connectivity index (χ1) is 9.61. The summed E-state index contributed by atoms with van der Waals surface area (Å²) in [6.45, 7) is 4.31. The predicted molar refractivity (Wildman–Crippen MR) is 80.5 cm³/mol. The number of rotatable bonds is 3. The van der Waals surface area contributed by atoms with Crippen LogP contribution in [-0.4, -0.2) is 12.1 Å². The molecule has 1 aromatic rings. The number of fused-ring (bicyclic) bond motifs is 1. The Bertz CT molecular complexity index is 534. The van der Waals surface area contributed by atoms with Crippen LogP contribution in [0, 0.1) is 24.2 Å². The number of nitrogens with zero attached hydrogens (tertiary/aromatic N) is 1. The molecular weight excluding hydrogens is 248 g/mol. The van der Waals surface area contributed by atoms with Gasteiger partial charge in [-0.25, -0.2) is 5.43 Å². The molecule has 0 bridgehead atoms. The average molecular weight is 270 g/mol. The fraction of sp³-hybridized carbons (Fsp3) is 0.529. The molecule has 0 radical (unpaired) electrons. The first-order valence-corrected chi connectivity index (χ1v) is 7.51. The van der Waals surface area contributed by atoms with Gasteiger partial charge in [0.15, 0.2) is 0 Å². The summed E-state index contributed by atoms with van der Waals surface area (Å²) >= 11 is 0. The molecule has 1 amide bonds. The van der Waals surface area contributed by atoms with E-state index >= 15 is 0 Å². The summed E-state index contributed by atoms with van der Waals surface area (Å²) in [5.74, 6) is 0.869. The Hall–Kier alpha value is -1.64. The maximum atomic E-state index is 12.2. The average Bonchev–Trinajstić information content (AvgIpc) is 3.06. The molecule has 2 aliphatic carbocycles. The Morgan fingerprint density at radius 2 is 2.10 bits per heavy atom. The molecule has 2 aliphatic rings. The van der Waals surface area contributed by atoms with Crippen molar-refractivity contribution < 1.29 is 4.79 Å². The lowest BCUT2D eigenvalue weighted by Gasteiger charge is -2.15. The van der Waals surface area contributed by atoms with Crippen LogP contribution in [-0.2, 0) is 4.79 Å². The first-order valence-electron chi connectivity index (χ1n) is 7.51. The Morgan fingerprint density at radius 3 is 2.75 bits per heavy atom. The number of carbonyl (C=O) groups is 1. The first kappa shape index (κ1) is 13.3. The van der Waals surface area contributed by atoms with E-state index in [1.807, 2.05) is 24.3 Å². The molecule has 0 aliphatic heterocycles. The zero-order chi connectivity index (χ0) is 14.2. The van der Waals surface area contributed by atoms with E-state index in [0.29, 0.717) is 5.92 Å². The Kier molecular flexibility index (Phi) is 3.36. The quantitative estimate of drug-likeness (QED) is 0.664. The molecule has 0 unspecified atom stereocenters. The van der Waals surface area contributed by atoms with Gasteiger partial charge in [-0.2, -0.15) is 5.10 Å². The molecule has 20 heavy (non-hydrogen) atoms. The summed E-state index contributed by atoms with van der Waals surface area (Å²) in [5.41, 5.74) is 5.20. The van der Waals surface area contributed by atoms with Crippen LogP contribution >= 0.6 is 0 Å². The fourth-order valence-electron chi connectivity index (χ4n) is 3.74. The summed E-state index contributed by atoms with van der Waals surface area (Å²) in [6.07, 6.45) is 6.65. The molecular formula is C17H22N2O. The summed E-state index contributed by atoms with van der Waals surface area (Å²) < 4.78 is 0. The van der Waals surface area contributed by atoms with Crippen molar-refractivity contribution in [2.75, 3.05) is 0 Å². The van der Waals surface area contributed by atoms with E-state index in [-0.39, 0.29) is 17.2 Å². The Balaban J connectivity index is 1.56. The van der Waals surface area contributed by atoms with Crippen molar-refractivity contribution >= 4 is 12.1 Å². The van der Waals surface area contributed by atoms with E-state index in [1.54, 1.807) is 6.21 Å². The normalized spacial score (nSPS) is 31.9. The minimum absolute atomic E-state index is 0.0998. The summed E-state index contributed by atoms with van der Waals surface area (Å²) in [4.78, 5) is 12.2. The molecule has 3 nitrogen and oxygen atoms in total. The van der Waals surface area contributed by atoms with Gasteiger partial charge in [-0.1, -0.05) is 49.6 Å². The summed E-state index contributed by atoms with van der Waals surface area (Å²) in [7, 11) is 0. The van der Waals surface area contributed by atoms with E-state index in [9.17, 15) is 4.79 Å². The van der Waals surface area contributed by atoms with Crippen LogP contribution in [0.15, 0.2) is 29.4 Å². The molecule has 0 aromatic heterocycles. The smallest absolute Gasteiger partial charge is 0.244 e. The minimum atomic E-state index is 0.0998. The second kappa shape index (κ2) is 5.04. The number of amides is 1. The summed E-state index contributed by atoms with van der Waals surface area (Å²) in [5, 5.41) is 4.10. The van der Waals surface area contributed by atoms with E-state index in [1.165, 1.54) is 31.2 Å². The lowest BCUT2D eigenvalue weighted by Crippen LogP contribution is -2.22. The molecule has 3 atom stereocenters. The lowest BCUT2D eigenvalue weighted by molar-refractivity contribution is -0.123. The number of hydrazone groups is 1. The zero-order valence-corrected chi connectivity index (χ0v) is 12.2. The van der Waals surface area contributed by atoms with Crippen LogP contribution in [0.1, 0.15) is 43.7 Å². The van der Waals surface area contributed by atoms with Gasteiger partial charge in [0.25, 0.3) is 0 Å². The van der Waals surface area contributed by atoms with Crippen molar-refractivity contribution in [3.8, 4) is 0 Å². The predicted octanol–water partition coefficient (Wildman–Crippen LogP) is 3.27. The number of nitrogens with one attached hydrogen (secondary N) is 1. The van der Waals surface area contributed by atoms with E-state index in [4.69, 9.17) is 0 Å². The SMILES string of the molecule is Cc1ccc(/C=N\NC(=O)[C@@H]2[C@H]3CCCC[C@@]32C)cc1. The van der Waals surface area contributed by atoms with Gasteiger partial charge in [-0.05, 0) is 36.7 Å². The molecule has 106 valence electrons. The van der Waals surface area contributed by atoms with Crippen LogP contribution in [0.4, 0.5) is 0 Å². The van der Waals surface area contributed by atoms with Crippen molar-refractivity contribution in [2.45, 2.75) is 39.5 Å². The third kappa shape index (κ3) is 2.37. The van der Waals surface area contributed by atoms with Crippen molar-refractivity contribution in [2.24, 2.45) is 22.4 Å². The molecule has 2 fully saturated rings. The molecule has 1 aromatic carbocycles. The molecule has 0 spiro atoms. The highest BCUT2D eigenvalue weighted by atomic mass is 16.2. The fourth-order valence-corrected chi connectivity index (χ4v) is 3.74. The van der Waals surface area contributed by atoms with Crippen LogP contribution in [0.2, 0.25) is 0 Å². The van der Waals surface area contributed by atoms with Gasteiger partial charge in [0.2, 0.25) is 5.91 Å². The zero-order valence-electron chi connectivity index (χ0n) is 12.2. The van der Waals surface area contributed by atoms with Crippen molar-refractivity contribution in [1.29, 1.82) is 0 Å². The third-order valence-corrected chi connectivity index (χ3v) is 5.08. The van der Waals surface area contributed by atoms with Gasteiger partial charge >= 0.3 is 0 Å². The van der Waals surface area contributed by atoms with Crippen molar-refractivity contribution in [1.82, 2.24) is 5.43 Å². The third-order valence-electron chi connectivity index (χ3n) is 5.08. The highest BCUT2D eigenvalue weighted by Crippen LogP contribution is 2.66. The van der Waals surface area contributed by atoms with Crippen LogP contribution < -0.4 is 5.43 Å². The van der Waals surface area contributed by atoms with Crippen LogP contribution in [0.5, 0.6) is 0 Å². The van der Waals surface area contributed by atoms with Gasteiger partial charge in [-0.15, -0.1) is 0 Å². The van der Waals surface area contributed by atoms with Gasteiger partial charge in [0.05, 0.1) is 6.21 Å². The van der Waals surface area contributed by atoms with E-state index in [0.717, 1.165) is 5.56 Å². The topological polar surface area (TPSA) is 41.5 Å². The highest BCUT2D eigenvalue weighted by Gasteiger charge is 2.64. The second-order valence-corrected chi connectivity index (χ2v) is 6.48. The maximum absolute atomic E-state index is 12.2. The van der Waals surface area contributed by atoms with E-state index in [2.05, 4.69) is 24.4 Å². The molecule has 3 heteroatoms. The number of hydrogen-bond acceptors (Lipinski definition) is 2. The number of aryl methyl sites for hydroxylation is 1. The highest BCUT2D eigenvalue weighted by molar-refractivity contribution is 5.85. The largest absolute Gasteiger partial charge is 0.273 e.